The summed E-state index contributed by atoms with van der Waals surface area (Å²) in [6.45, 7) is 4.19. The van der Waals surface area contributed by atoms with E-state index in [0.717, 1.165) is 36.4 Å². The molecule has 1 fully saturated rings. The van der Waals surface area contributed by atoms with Crippen molar-refractivity contribution in [2.24, 2.45) is 0 Å². The summed E-state index contributed by atoms with van der Waals surface area (Å²) in [5, 5.41) is 3.79. The second-order valence-electron chi connectivity index (χ2n) is 8.74. The number of likely N-dealkylation sites (tertiary alicyclic amines) is 1. The van der Waals surface area contributed by atoms with Crippen molar-refractivity contribution in [2.75, 3.05) is 31.1 Å². The molecule has 0 bridgehead atoms. The number of rotatable bonds is 9. The lowest BCUT2D eigenvalue weighted by Gasteiger charge is -2.24. The molecule has 2 amide bonds. The van der Waals surface area contributed by atoms with E-state index in [1.54, 1.807) is 23.1 Å². The Balaban J connectivity index is 1.45. The molecule has 0 radical (unpaired) electrons. The van der Waals surface area contributed by atoms with Crippen LogP contribution in [0.2, 0.25) is 10.0 Å². The average molecular weight is 510 g/mol. The number of hydrogen-bond acceptors (Lipinski definition) is 3. The zero-order valence-electron chi connectivity index (χ0n) is 19.6. The molecule has 35 heavy (non-hydrogen) atoms. The third kappa shape index (κ3) is 7.07. The molecule has 3 aromatic rings. The molecule has 1 N–H and O–H groups in total. The summed E-state index contributed by atoms with van der Waals surface area (Å²) in [6, 6.07) is 22.2. The van der Waals surface area contributed by atoms with Crippen molar-refractivity contribution in [3.63, 3.8) is 0 Å². The maximum atomic E-state index is 13.5. The van der Waals surface area contributed by atoms with Crippen LogP contribution < -0.4 is 10.2 Å². The van der Waals surface area contributed by atoms with Crippen molar-refractivity contribution in [1.82, 2.24) is 10.2 Å². The molecule has 7 heteroatoms. The number of carbonyl (C=O) groups is 2. The van der Waals surface area contributed by atoms with Crippen LogP contribution in [-0.2, 0) is 17.8 Å². The molecule has 0 saturated carbocycles. The molecule has 1 aliphatic heterocycles. The van der Waals surface area contributed by atoms with Gasteiger partial charge in [-0.25, -0.2) is 0 Å². The van der Waals surface area contributed by atoms with Gasteiger partial charge in [-0.3, -0.25) is 9.59 Å². The van der Waals surface area contributed by atoms with E-state index in [2.05, 4.69) is 10.2 Å². The molecule has 0 spiro atoms. The third-order valence-electron chi connectivity index (χ3n) is 6.15. The second-order valence-corrected chi connectivity index (χ2v) is 9.59. The van der Waals surface area contributed by atoms with E-state index in [0.29, 0.717) is 35.1 Å². The summed E-state index contributed by atoms with van der Waals surface area (Å²) in [5.41, 5.74) is 2.99. The molecule has 1 heterocycles. The Kier molecular flexibility index (Phi) is 8.80. The maximum absolute atomic E-state index is 13.5. The van der Waals surface area contributed by atoms with Gasteiger partial charge in [-0.1, -0.05) is 65.7 Å². The minimum absolute atomic E-state index is 0.00195. The summed E-state index contributed by atoms with van der Waals surface area (Å²) in [4.78, 5) is 29.9. The second kappa shape index (κ2) is 12.2. The average Bonchev–Trinajstić information content (AvgIpc) is 3.37. The van der Waals surface area contributed by atoms with Gasteiger partial charge >= 0.3 is 0 Å². The molecule has 0 aromatic heterocycles. The predicted molar refractivity (Wildman–Crippen MR) is 142 cm³/mol. The standard InChI is InChI=1S/C28H29Cl2N3O2/c29-23-10-13-25(26(30)19-23)28(35)33(20-22-6-2-1-3-7-22)24-11-8-21(9-12-24)18-27(34)31-14-17-32-15-4-5-16-32/h1-3,6-13,19H,4-5,14-18,20H2,(H,31,34). The zero-order chi connectivity index (χ0) is 24.6. The van der Waals surface area contributed by atoms with Crippen molar-refractivity contribution in [3.8, 4) is 0 Å². The third-order valence-corrected chi connectivity index (χ3v) is 6.70. The molecule has 3 aromatic carbocycles. The fraction of sp³-hybridized carbons (Fsp3) is 0.286. The Morgan fingerprint density at radius 3 is 2.29 bits per heavy atom. The SMILES string of the molecule is O=C(Cc1ccc(N(Cc2ccccc2)C(=O)c2ccc(Cl)cc2Cl)cc1)NCCN1CCCC1. The number of amides is 2. The van der Waals surface area contributed by atoms with E-state index < -0.39 is 0 Å². The zero-order valence-corrected chi connectivity index (χ0v) is 21.1. The van der Waals surface area contributed by atoms with Gasteiger partial charge in [-0.2, -0.15) is 0 Å². The largest absolute Gasteiger partial charge is 0.355 e. The Hall–Kier alpha value is -2.86. The first-order chi connectivity index (χ1) is 17.0. The molecule has 1 saturated heterocycles. The topological polar surface area (TPSA) is 52.7 Å². The van der Waals surface area contributed by atoms with Crippen molar-refractivity contribution in [2.45, 2.75) is 25.8 Å². The van der Waals surface area contributed by atoms with Crippen LogP contribution >= 0.6 is 23.2 Å². The van der Waals surface area contributed by atoms with E-state index in [1.807, 2.05) is 54.6 Å². The van der Waals surface area contributed by atoms with Gasteiger partial charge in [0, 0.05) is 23.8 Å². The van der Waals surface area contributed by atoms with Crippen LogP contribution in [0.5, 0.6) is 0 Å². The van der Waals surface area contributed by atoms with E-state index >= 15 is 0 Å². The van der Waals surface area contributed by atoms with Crippen molar-refractivity contribution < 1.29 is 9.59 Å². The Labute approximate surface area is 216 Å². The number of halogens is 2. The molecule has 0 aliphatic carbocycles. The molecule has 0 atom stereocenters. The monoisotopic (exact) mass is 509 g/mol. The van der Waals surface area contributed by atoms with Crippen LogP contribution in [0.15, 0.2) is 72.8 Å². The Morgan fingerprint density at radius 2 is 1.60 bits per heavy atom. The van der Waals surface area contributed by atoms with Gasteiger partial charge in [0.1, 0.15) is 0 Å². The van der Waals surface area contributed by atoms with Crippen LogP contribution in [0, 0.1) is 0 Å². The van der Waals surface area contributed by atoms with E-state index in [1.165, 1.54) is 12.8 Å². The first-order valence-corrected chi connectivity index (χ1v) is 12.6. The highest BCUT2D eigenvalue weighted by Crippen LogP contribution is 2.26. The summed E-state index contributed by atoms with van der Waals surface area (Å²) >= 11 is 12.4. The number of nitrogens with one attached hydrogen (secondary N) is 1. The van der Waals surface area contributed by atoms with Gasteiger partial charge < -0.3 is 15.1 Å². The highest BCUT2D eigenvalue weighted by Gasteiger charge is 2.21. The quantitative estimate of drug-likeness (QED) is 0.408. The minimum Gasteiger partial charge on any atom is -0.355 e. The van der Waals surface area contributed by atoms with Crippen molar-refractivity contribution in [1.29, 1.82) is 0 Å². The summed E-state index contributed by atoms with van der Waals surface area (Å²) in [7, 11) is 0. The van der Waals surface area contributed by atoms with Crippen molar-refractivity contribution >= 4 is 40.7 Å². The normalized spacial score (nSPS) is 13.5. The molecular formula is C28H29Cl2N3O2. The lowest BCUT2D eigenvalue weighted by Crippen LogP contribution is -2.34. The predicted octanol–water partition coefficient (Wildman–Crippen LogP) is 5.59. The van der Waals surface area contributed by atoms with Gasteiger partial charge in [0.05, 0.1) is 23.6 Å². The number of anilines is 1. The number of hydrogen-bond donors (Lipinski definition) is 1. The van der Waals surface area contributed by atoms with Gasteiger partial charge in [-0.15, -0.1) is 0 Å². The fourth-order valence-electron chi connectivity index (χ4n) is 4.26. The van der Waals surface area contributed by atoms with E-state index in [4.69, 9.17) is 23.2 Å². The number of benzene rings is 3. The molecular weight excluding hydrogens is 481 g/mol. The summed E-state index contributed by atoms with van der Waals surface area (Å²) in [5.74, 6) is -0.218. The highest BCUT2D eigenvalue weighted by molar-refractivity contribution is 6.37. The van der Waals surface area contributed by atoms with Gasteiger partial charge in [0.15, 0.2) is 0 Å². The Morgan fingerprint density at radius 1 is 0.886 bits per heavy atom. The molecule has 182 valence electrons. The first kappa shape index (κ1) is 25.2. The number of carbonyl (C=O) groups excluding carboxylic acids is 2. The van der Waals surface area contributed by atoms with Crippen LogP contribution in [0.25, 0.3) is 0 Å². The first-order valence-electron chi connectivity index (χ1n) is 11.9. The van der Waals surface area contributed by atoms with Crippen LogP contribution in [0.4, 0.5) is 5.69 Å². The molecule has 4 rings (SSSR count). The smallest absolute Gasteiger partial charge is 0.260 e. The number of nitrogens with zero attached hydrogens (tertiary/aromatic N) is 2. The van der Waals surface area contributed by atoms with E-state index in [-0.39, 0.29) is 11.8 Å². The fourth-order valence-corrected chi connectivity index (χ4v) is 4.75. The lowest BCUT2D eigenvalue weighted by molar-refractivity contribution is -0.120. The van der Waals surface area contributed by atoms with Crippen LogP contribution in [0.3, 0.4) is 0 Å². The highest BCUT2D eigenvalue weighted by atomic mass is 35.5. The molecule has 0 unspecified atom stereocenters. The minimum atomic E-state index is -0.220. The molecule has 5 nitrogen and oxygen atoms in total. The van der Waals surface area contributed by atoms with Crippen LogP contribution in [0.1, 0.15) is 34.3 Å². The van der Waals surface area contributed by atoms with Gasteiger partial charge in [-0.05, 0) is 67.4 Å². The Bertz CT molecular complexity index is 1150. The van der Waals surface area contributed by atoms with Gasteiger partial charge in [0.2, 0.25) is 5.91 Å². The summed E-state index contributed by atoms with van der Waals surface area (Å²) in [6.07, 6.45) is 2.79. The van der Waals surface area contributed by atoms with Crippen LogP contribution in [-0.4, -0.2) is 42.9 Å². The van der Waals surface area contributed by atoms with E-state index in [9.17, 15) is 9.59 Å². The molecule has 1 aliphatic rings. The maximum Gasteiger partial charge on any atom is 0.260 e. The summed E-state index contributed by atoms with van der Waals surface area (Å²) < 4.78 is 0. The lowest BCUT2D eigenvalue weighted by atomic mass is 10.1. The van der Waals surface area contributed by atoms with Gasteiger partial charge in [0.25, 0.3) is 5.91 Å². The van der Waals surface area contributed by atoms with Crippen molar-refractivity contribution in [3.05, 3.63) is 99.5 Å².